The van der Waals surface area contributed by atoms with Crippen LogP contribution in [0.3, 0.4) is 0 Å². The van der Waals surface area contributed by atoms with Gasteiger partial charge in [-0.05, 0) is 56.3 Å². The van der Waals surface area contributed by atoms with Gasteiger partial charge in [-0.3, -0.25) is 4.79 Å². The largest absolute Gasteiger partial charge is 0.490 e. The predicted octanol–water partition coefficient (Wildman–Crippen LogP) is 5.67. The van der Waals surface area contributed by atoms with Gasteiger partial charge in [0.15, 0.2) is 17.6 Å². The number of nitrogens with one attached hydrogen (secondary N) is 1. The molecule has 0 heterocycles. The summed E-state index contributed by atoms with van der Waals surface area (Å²) in [6.45, 7) is 8.88. The number of carbonyl (C=O) groups excluding carboxylic acids is 1. The van der Waals surface area contributed by atoms with Crippen LogP contribution in [0.1, 0.15) is 45.7 Å². The molecule has 0 radical (unpaired) electrons. The quantitative estimate of drug-likeness (QED) is 0.458. The molecule has 0 aliphatic carbocycles. The van der Waals surface area contributed by atoms with E-state index in [1.54, 1.807) is 0 Å². The summed E-state index contributed by atoms with van der Waals surface area (Å²) in [6.07, 6.45) is -0.0165. The van der Waals surface area contributed by atoms with Gasteiger partial charge in [-0.25, -0.2) is 0 Å². The third-order valence-electron chi connectivity index (χ3n) is 5.11. The van der Waals surface area contributed by atoms with Crippen LogP contribution >= 0.6 is 0 Å². The van der Waals surface area contributed by atoms with Gasteiger partial charge in [0.25, 0.3) is 5.91 Å². The van der Waals surface area contributed by atoms with E-state index in [2.05, 4.69) is 5.32 Å². The fourth-order valence-electron chi connectivity index (χ4n) is 3.50. The zero-order valence-corrected chi connectivity index (χ0v) is 18.7. The summed E-state index contributed by atoms with van der Waals surface area (Å²) < 4.78 is 17.5. The molecule has 0 aliphatic heterocycles. The van der Waals surface area contributed by atoms with Crippen molar-refractivity contribution in [3.05, 3.63) is 66.2 Å². The maximum atomic E-state index is 13.0. The normalized spacial score (nSPS) is 12.8. The van der Waals surface area contributed by atoms with E-state index in [1.165, 1.54) is 0 Å². The van der Waals surface area contributed by atoms with Gasteiger partial charge in [0, 0.05) is 5.39 Å². The van der Waals surface area contributed by atoms with Crippen molar-refractivity contribution >= 4 is 16.7 Å². The molecule has 3 aromatic carbocycles. The fraction of sp³-hybridized carbons (Fsp3) is 0.346. The smallest absolute Gasteiger partial charge is 0.261 e. The summed E-state index contributed by atoms with van der Waals surface area (Å²) in [4.78, 5) is 13.0. The lowest BCUT2D eigenvalue weighted by Gasteiger charge is -2.22. The highest BCUT2D eigenvalue weighted by Gasteiger charge is 2.22. The number of fused-ring (bicyclic) bond motifs is 1. The second kappa shape index (κ2) is 10.7. The Labute approximate surface area is 184 Å². The molecule has 1 amide bonds. The average molecular weight is 422 g/mol. The summed E-state index contributed by atoms with van der Waals surface area (Å²) in [5.41, 5.74) is 0.945. The van der Waals surface area contributed by atoms with Crippen molar-refractivity contribution < 1.29 is 19.0 Å². The van der Waals surface area contributed by atoms with Crippen LogP contribution in [0.15, 0.2) is 60.7 Å². The third kappa shape index (κ3) is 5.48. The Hall–Kier alpha value is -3.21. The van der Waals surface area contributed by atoms with E-state index >= 15 is 0 Å². The number of hydrogen-bond donors (Lipinski definition) is 1. The molecule has 2 atom stereocenters. The zero-order chi connectivity index (χ0) is 22.2. The van der Waals surface area contributed by atoms with Gasteiger partial charge in [-0.2, -0.15) is 0 Å². The molecule has 0 fully saturated rings. The van der Waals surface area contributed by atoms with E-state index in [0.717, 1.165) is 16.3 Å². The predicted molar refractivity (Wildman–Crippen MR) is 124 cm³/mol. The first-order valence-corrected chi connectivity index (χ1v) is 10.9. The van der Waals surface area contributed by atoms with Crippen LogP contribution in [0, 0.1) is 0 Å². The second-order valence-corrected chi connectivity index (χ2v) is 7.29. The van der Waals surface area contributed by atoms with Crippen molar-refractivity contribution in [2.75, 3.05) is 13.2 Å². The highest BCUT2D eigenvalue weighted by atomic mass is 16.5. The SMILES string of the molecule is CCOc1ccc([C@H](C)NC(=O)[C@H](CC)Oc2cccc3ccccc23)cc1OCC. The molecule has 1 N–H and O–H groups in total. The van der Waals surface area contributed by atoms with Crippen molar-refractivity contribution in [1.29, 1.82) is 0 Å². The molecule has 0 saturated carbocycles. The Bertz CT molecular complexity index is 1010. The van der Waals surface area contributed by atoms with Gasteiger partial charge in [-0.15, -0.1) is 0 Å². The second-order valence-electron chi connectivity index (χ2n) is 7.29. The minimum absolute atomic E-state index is 0.144. The number of amides is 1. The maximum absolute atomic E-state index is 13.0. The van der Waals surface area contributed by atoms with Crippen LogP contribution in [-0.4, -0.2) is 25.2 Å². The summed E-state index contributed by atoms with van der Waals surface area (Å²) in [7, 11) is 0. The Kier molecular flexibility index (Phi) is 7.76. The Morgan fingerprint density at radius 2 is 1.58 bits per heavy atom. The van der Waals surface area contributed by atoms with Crippen LogP contribution < -0.4 is 19.5 Å². The monoisotopic (exact) mass is 421 g/mol. The lowest BCUT2D eigenvalue weighted by Crippen LogP contribution is -2.39. The molecule has 5 heteroatoms. The molecule has 0 unspecified atom stereocenters. The minimum Gasteiger partial charge on any atom is -0.490 e. The molecule has 5 nitrogen and oxygen atoms in total. The minimum atomic E-state index is -0.581. The van der Waals surface area contributed by atoms with E-state index in [4.69, 9.17) is 14.2 Å². The zero-order valence-electron chi connectivity index (χ0n) is 18.7. The van der Waals surface area contributed by atoms with Crippen LogP contribution in [0.25, 0.3) is 10.8 Å². The van der Waals surface area contributed by atoms with Gasteiger partial charge in [0.05, 0.1) is 19.3 Å². The van der Waals surface area contributed by atoms with Gasteiger partial charge < -0.3 is 19.5 Å². The Morgan fingerprint density at radius 1 is 0.871 bits per heavy atom. The highest BCUT2D eigenvalue weighted by Crippen LogP contribution is 2.31. The molecule has 0 aliphatic rings. The average Bonchev–Trinajstić information content (AvgIpc) is 2.78. The number of carbonyl (C=O) groups is 1. The highest BCUT2D eigenvalue weighted by molar-refractivity contribution is 5.89. The molecule has 0 spiro atoms. The molecule has 3 aromatic rings. The lowest BCUT2D eigenvalue weighted by atomic mass is 10.1. The van der Waals surface area contributed by atoms with Crippen LogP contribution in [0.5, 0.6) is 17.2 Å². The summed E-state index contributed by atoms with van der Waals surface area (Å²) in [5.74, 6) is 1.96. The number of benzene rings is 3. The molecule has 0 bridgehead atoms. The molecular formula is C26H31NO4. The summed E-state index contributed by atoms with van der Waals surface area (Å²) in [6, 6.07) is 19.4. The fourth-order valence-corrected chi connectivity index (χ4v) is 3.50. The van der Waals surface area contributed by atoms with Crippen LogP contribution in [0.4, 0.5) is 0 Å². The van der Waals surface area contributed by atoms with E-state index in [1.807, 2.05) is 88.4 Å². The topological polar surface area (TPSA) is 56.8 Å². The number of ether oxygens (including phenoxy) is 3. The maximum Gasteiger partial charge on any atom is 0.261 e. The molecular weight excluding hydrogens is 390 g/mol. The summed E-state index contributed by atoms with van der Waals surface area (Å²) >= 11 is 0. The molecule has 0 saturated heterocycles. The Balaban J connectivity index is 1.73. The molecule has 31 heavy (non-hydrogen) atoms. The standard InChI is InChI=1S/C26H31NO4/c1-5-22(31-23-14-10-12-19-11-8-9-13-21(19)23)26(28)27-18(4)20-15-16-24(29-6-2)25(17-20)30-7-3/h8-18,22H,5-7H2,1-4H3,(H,27,28)/t18-,22-/m0/s1. The summed E-state index contributed by atoms with van der Waals surface area (Å²) in [5, 5.41) is 5.16. The van der Waals surface area contributed by atoms with Crippen molar-refractivity contribution in [2.24, 2.45) is 0 Å². The van der Waals surface area contributed by atoms with Crippen LogP contribution in [-0.2, 0) is 4.79 Å². The van der Waals surface area contributed by atoms with Gasteiger partial charge in [0.2, 0.25) is 0 Å². The van der Waals surface area contributed by atoms with Crippen LogP contribution in [0.2, 0.25) is 0 Å². The molecule has 0 aromatic heterocycles. The van der Waals surface area contributed by atoms with Crippen molar-refractivity contribution in [2.45, 2.75) is 46.3 Å². The first kappa shape index (κ1) is 22.5. The van der Waals surface area contributed by atoms with E-state index in [-0.39, 0.29) is 11.9 Å². The van der Waals surface area contributed by atoms with Crippen molar-refractivity contribution in [3.8, 4) is 17.2 Å². The Morgan fingerprint density at radius 3 is 2.32 bits per heavy atom. The first-order valence-electron chi connectivity index (χ1n) is 10.9. The van der Waals surface area contributed by atoms with Crippen molar-refractivity contribution in [3.63, 3.8) is 0 Å². The van der Waals surface area contributed by atoms with E-state index in [9.17, 15) is 4.79 Å². The lowest BCUT2D eigenvalue weighted by molar-refractivity contribution is -0.128. The van der Waals surface area contributed by atoms with Gasteiger partial charge >= 0.3 is 0 Å². The van der Waals surface area contributed by atoms with Crippen molar-refractivity contribution in [1.82, 2.24) is 5.32 Å². The number of rotatable bonds is 10. The van der Waals surface area contributed by atoms with Gasteiger partial charge in [-0.1, -0.05) is 49.4 Å². The molecule has 3 rings (SSSR count). The van der Waals surface area contributed by atoms with E-state index in [0.29, 0.717) is 36.9 Å². The first-order chi connectivity index (χ1) is 15.1. The van der Waals surface area contributed by atoms with Gasteiger partial charge in [0.1, 0.15) is 5.75 Å². The number of hydrogen-bond acceptors (Lipinski definition) is 4. The third-order valence-corrected chi connectivity index (χ3v) is 5.11. The molecule has 164 valence electrons. The van der Waals surface area contributed by atoms with E-state index < -0.39 is 6.10 Å².